The predicted octanol–water partition coefficient (Wildman–Crippen LogP) is 6.55. The molecule has 1 aromatic heterocycles. The normalized spacial score (nSPS) is 12.8. The quantitative estimate of drug-likeness (QED) is 0.443. The fraction of sp³-hybridized carbons (Fsp3) is 0.0909. The first kappa shape index (κ1) is 14.0. The van der Waals surface area contributed by atoms with Crippen LogP contribution in [0.1, 0.15) is 16.0 Å². The summed E-state index contributed by atoms with van der Waals surface area (Å²) in [6.07, 6.45) is 0. The Morgan fingerprint density at radius 3 is 2.53 bits per heavy atom. The van der Waals surface area contributed by atoms with Gasteiger partial charge in [0.05, 0.1) is 17.4 Å². The monoisotopic (exact) mass is 460 g/mol. The van der Waals surface area contributed by atoms with E-state index in [1.54, 1.807) is 17.4 Å². The number of alkyl halides is 1. The molecule has 0 aliphatic heterocycles. The Kier molecular flexibility index (Phi) is 4.69. The van der Waals surface area contributed by atoms with Gasteiger partial charge in [0.1, 0.15) is 5.82 Å². The summed E-state index contributed by atoms with van der Waals surface area (Å²) in [6, 6.07) is 6.79. The van der Waals surface area contributed by atoms with Crippen molar-refractivity contribution in [2.75, 3.05) is 0 Å². The number of hydrogen-bond acceptors (Lipinski definition) is 1. The minimum Gasteiger partial charge on any atom is -0.205 e. The zero-order chi connectivity index (χ0) is 12.6. The second-order valence-electron chi connectivity index (χ2n) is 3.29. The summed E-state index contributed by atoms with van der Waals surface area (Å²) in [5.74, 6) is -0.404. The van der Waals surface area contributed by atoms with Gasteiger partial charge >= 0.3 is 0 Å². The Hall–Kier alpha value is 0.580. The third kappa shape index (κ3) is 2.95. The van der Waals surface area contributed by atoms with E-state index in [9.17, 15) is 4.39 Å². The fourth-order valence-electron chi connectivity index (χ4n) is 1.41. The van der Waals surface area contributed by atoms with Crippen molar-refractivity contribution in [2.24, 2.45) is 0 Å². The third-order valence-electron chi connectivity index (χ3n) is 2.21. The number of rotatable bonds is 2. The lowest BCUT2D eigenvalue weighted by Gasteiger charge is -2.11. The van der Waals surface area contributed by atoms with Crippen molar-refractivity contribution in [1.82, 2.24) is 0 Å². The Bertz CT molecular complexity index is 556. The van der Waals surface area contributed by atoms with Gasteiger partial charge in [0.15, 0.2) is 0 Å². The number of hydrogen-bond donors (Lipinski definition) is 0. The molecular weight excluding hydrogens is 458 g/mol. The standard InChI is InChI=1S/C11H5Br3ClFS/c12-8-4-6(11(14)17-8)9(13)5-2-1-3-7(16)10(5)15/h1-4,9H. The molecule has 1 atom stereocenters. The molecule has 2 aromatic rings. The Balaban J connectivity index is 2.47. The van der Waals surface area contributed by atoms with Crippen molar-refractivity contribution in [3.8, 4) is 0 Å². The number of thiophene rings is 1. The first-order valence-corrected chi connectivity index (χ1v) is 8.23. The van der Waals surface area contributed by atoms with Gasteiger partial charge in [0.2, 0.25) is 0 Å². The van der Waals surface area contributed by atoms with E-state index < -0.39 is 5.82 Å². The second-order valence-corrected chi connectivity index (χ2v) is 8.33. The molecule has 0 radical (unpaired) electrons. The minimum absolute atomic E-state index is 0.136. The van der Waals surface area contributed by atoms with Crippen molar-refractivity contribution in [2.45, 2.75) is 4.83 Å². The van der Waals surface area contributed by atoms with Gasteiger partial charge in [-0.25, -0.2) is 4.39 Å². The van der Waals surface area contributed by atoms with E-state index in [-0.39, 0.29) is 9.85 Å². The van der Waals surface area contributed by atoms with Crippen LogP contribution in [0.4, 0.5) is 4.39 Å². The highest BCUT2D eigenvalue weighted by atomic mass is 79.9. The molecule has 0 saturated heterocycles. The van der Waals surface area contributed by atoms with Crippen LogP contribution in [-0.4, -0.2) is 0 Å². The average molecular weight is 463 g/mol. The summed E-state index contributed by atoms with van der Waals surface area (Å²) >= 11 is 18.0. The topological polar surface area (TPSA) is 0 Å². The maximum atomic E-state index is 13.4. The van der Waals surface area contributed by atoms with Crippen LogP contribution in [0.2, 0.25) is 5.02 Å². The van der Waals surface area contributed by atoms with Gasteiger partial charge in [0.25, 0.3) is 0 Å². The van der Waals surface area contributed by atoms with E-state index in [0.29, 0.717) is 0 Å². The summed E-state index contributed by atoms with van der Waals surface area (Å²) in [7, 11) is 0. The second kappa shape index (κ2) is 5.70. The van der Waals surface area contributed by atoms with Crippen LogP contribution >= 0.6 is 70.7 Å². The van der Waals surface area contributed by atoms with E-state index in [2.05, 4.69) is 47.8 Å². The maximum Gasteiger partial charge on any atom is 0.142 e. The predicted molar refractivity (Wildman–Crippen MR) is 81.9 cm³/mol. The van der Waals surface area contributed by atoms with Crippen molar-refractivity contribution >= 4 is 70.7 Å². The summed E-state index contributed by atoms with van der Waals surface area (Å²) in [4.78, 5) is -0.136. The molecule has 1 unspecified atom stereocenters. The minimum atomic E-state index is -0.404. The highest BCUT2D eigenvalue weighted by Crippen LogP contribution is 2.43. The van der Waals surface area contributed by atoms with E-state index in [1.165, 1.54) is 6.07 Å². The highest BCUT2D eigenvalue weighted by molar-refractivity contribution is 9.12. The van der Waals surface area contributed by atoms with Gasteiger partial charge < -0.3 is 0 Å². The van der Waals surface area contributed by atoms with Crippen molar-refractivity contribution in [3.05, 3.63) is 53.8 Å². The molecule has 6 heteroatoms. The van der Waals surface area contributed by atoms with Gasteiger partial charge in [-0.1, -0.05) is 39.7 Å². The summed E-state index contributed by atoms with van der Waals surface area (Å²) in [6.45, 7) is 0. The largest absolute Gasteiger partial charge is 0.205 e. The van der Waals surface area contributed by atoms with Gasteiger partial charge in [-0.05, 0) is 55.1 Å². The van der Waals surface area contributed by atoms with E-state index in [1.807, 2.05) is 12.1 Å². The summed E-state index contributed by atoms with van der Waals surface area (Å²) < 4.78 is 15.4. The molecule has 0 amide bonds. The summed E-state index contributed by atoms with van der Waals surface area (Å²) in [5.41, 5.74) is 1.74. The van der Waals surface area contributed by atoms with Gasteiger partial charge in [-0.2, -0.15) is 0 Å². The summed E-state index contributed by atoms with van der Waals surface area (Å²) in [5, 5.41) is 0.156. The van der Waals surface area contributed by atoms with Gasteiger partial charge in [-0.15, -0.1) is 11.3 Å². The maximum absolute atomic E-state index is 13.4. The van der Waals surface area contributed by atoms with Crippen molar-refractivity contribution < 1.29 is 4.39 Å². The van der Waals surface area contributed by atoms with Crippen LogP contribution < -0.4 is 0 Å². The smallest absolute Gasteiger partial charge is 0.142 e. The molecule has 0 fully saturated rings. The molecule has 0 aliphatic carbocycles. The number of halogens is 5. The molecule has 1 heterocycles. The van der Waals surface area contributed by atoms with Crippen LogP contribution in [0.3, 0.4) is 0 Å². The lowest BCUT2D eigenvalue weighted by Crippen LogP contribution is -1.94. The third-order valence-corrected chi connectivity index (χ3v) is 5.98. The zero-order valence-electron chi connectivity index (χ0n) is 8.18. The Morgan fingerprint density at radius 1 is 1.24 bits per heavy atom. The van der Waals surface area contributed by atoms with E-state index >= 15 is 0 Å². The van der Waals surface area contributed by atoms with E-state index in [0.717, 1.165) is 18.7 Å². The average Bonchev–Trinajstić information content (AvgIpc) is 2.61. The SMILES string of the molecule is Fc1cccc(C(Br)c2cc(Br)sc2Br)c1Cl. The molecule has 0 N–H and O–H groups in total. The lowest BCUT2D eigenvalue weighted by atomic mass is 10.1. The first-order valence-electron chi connectivity index (χ1n) is 4.53. The van der Waals surface area contributed by atoms with Crippen molar-refractivity contribution in [1.29, 1.82) is 0 Å². The first-order chi connectivity index (χ1) is 8.00. The molecular formula is C11H5Br3ClFS. The molecule has 0 aliphatic rings. The molecule has 1 aromatic carbocycles. The number of benzene rings is 1. The lowest BCUT2D eigenvalue weighted by molar-refractivity contribution is 0.626. The van der Waals surface area contributed by atoms with Crippen molar-refractivity contribution in [3.63, 3.8) is 0 Å². The Labute approximate surface area is 133 Å². The molecule has 0 nitrogen and oxygen atoms in total. The zero-order valence-corrected chi connectivity index (χ0v) is 14.5. The Morgan fingerprint density at radius 2 is 1.94 bits per heavy atom. The van der Waals surface area contributed by atoms with Gasteiger partial charge in [-0.3, -0.25) is 0 Å². The molecule has 2 rings (SSSR count). The van der Waals surface area contributed by atoms with Crippen LogP contribution in [0.5, 0.6) is 0 Å². The fourth-order valence-corrected chi connectivity index (χ4v) is 5.88. The highest BCUT2D eigenvalue weighted by Gasteiger charge is 2.20. The van der Waals surface area contributed by atoms with Crippen LogP contribution in [0.15, 0.2) is 31.8 Å². The van der Waals surface area contributed by atoms with Crippen LogP contribution in [0, 0.1) is 5.82 Å². The molecule has 0 saturated carbocycles. The van der Waals surface area contributed by atoms with Crippen LogP contribution in [-0.2, 0) is 0 Å². The molecule has 17 heavy (non-hydrogen) atoms. The molecule has 0 bridgehead atoms. The van der Waals surface area contributed by atoms with Crippen LogP contribution in [0.25, 0.3) is 0 Å². The molecule has 0 spiro atoms. The van der Waals surface area contributed by atoms with Gasteiger partial charge in [0, 0.05) is 0 Å². The van der Waals surface area contributed by atoms with E-state index in [4.69, 9.17) is 11.6 Å². The molecule has 90 valence electrons.